The Morgan fingerprint density at radius 1 is 1.19 bits per heavy atom. The number of sulfone groups is 1. The molecule has 8 nitrogen and oxygen atoms in total. The minimum atomic E-state index is -3.19. The largest absolute Gasteiger partial charge is 0.368 e. The maximum Gasteiger partial charge on any atom is 0.251 e. The second-order valence-corrected chi connectivity index (χ2v) is 10.8. The molecule has 2 aliphatic rings. The molecule has 0 radical (unpaired) electrons. The van der Waals surface area contributed by atoms with Crippen molar-refractivity contribution in [2.45, 2.75) is 51.4 Å². The van der Waals surface area contributed by atoms with E-state index in [4.69, 9.17) is 4.74 Å². The Balaban J connectivity index is 1.90. The number of nitrogens with zero attached hydrogens (tertiary/aromatic N) is 3. The molecule has 1 amide bonds. The standard InChI is InChI=1S/C18H34N4O4S/c1-5-19-17(20-8-14-27(24,25)18(2,3)4)22-11-9-21(10-12-22)16(23)15-7-6-13-26-15/h15H,5-14H2,1-4H3,(H,19,20). The smallest absolute Gasteiger partial charge is 0.251 e. The Morgan fingerprint density at radius 2 is 1.81 bits per heavy atom. The Hall–Kier alpha value is -1.35. The summed E-state index contributed by atoms with van der Waals surface area (Å²) in [5, 5.41) is 3.23. The lowest BCUT2D eigenvalue weighted by atomic mass is 10.2. The van der Waals surface area contributed by atoms with Crippen LogP contribution in [0.25, 0.3) is 0 Å². The van der Waals surface area contributed by atoms with Gasteiger partial charge in [-0.15, -0.1) is 0 Å². The molecule has 9 heteroatoms. The Labute approximate surface area is 163 Å². The van der Waals surface area contributed by atoms with Gasteiger partial charge in [-0.05, 0) is 40.5 Å². The molecule has 0 bridgehead atoms. The summed E-state index contributed by atoms with van der Waals surface area (Å²) in [5.74, 6) is 0.833. The first-order valence-corrected chi connectivity index (χ1v) is 11.5. The van der Waals surface area contributed by atoms with Crippen molar-refractivity contribution in [3.05, 3.63) is 0 Å². The van der Waals surface area contributed by atoms with Crippen molar-refractivity contribution in [3.63, 3.8) is 0 Å². The molecule has 0 saturated carbocycles. The number of aliphatic imine (C=N–C) groups is 1. The van der Waals surface area contributed by atoms with Crippen LogP contribution in [0.4, 0.5) is 0 Å². The van der Waals surface area contributed by atoms with E-state index in [1.807, 2.05) is 11.8 Å². The lowest BCUT2D eigenvalue weighted by Crippen LogP contribution is -2.55. The Kier molecular flexibility index (Phi) is 7.50. The number of amides is 1. The highest BCUT2D eigenvalue weighted by Crippen LogP contribution is 2.17. The number of rotatable bonds is 5. The number of piperazine rings is 1. The van der Waals surface area contributed by atoms with E-state index in [9.17, 15) is 13.2 Å². The first-order chi connectivity index (χ1) is 12.7. The molecule has 2 heterocycles. The lowest BCUT2D eigenvalue weighted by molar-refractivity contribution is -0.142. The second-order valence-electron chi connectivity index (χ2n) is 7.98. The number of guanidine groups is 1. The second kappa shape index (κ2) is 9.23. The number of carbonyl (C=O) groups excluding carboxylic acids is 1. The maximum absolute atomic E-state index is 12.4. The van der Waals surface area contributed by atoms with E-state index in [0.29, 0.717) is 45.3 Å². The third-order valence-corrected chi connectivity index (χ3v) is 7.57. The minimum Gasteiger partial charge on any atom is -0.368 e. The monoisotopic (exact) mass is 402 g/mol. The predicted molar refractivity (Wildman–Crippen MR) is 107 cm³/mol. The first kappa shape index (κ1) is 21.9. The van der Waals surface area contributed by atoms with Crippen molar-refractivity contribution >= 4 is 21.7 Å². The fourth-order valence-electron chi connectivity index (χ4n) is 3.12. The van der Waals surface area contributed by atoms with Gasteiger partial charge in [0.1, 0.15) is 6.10 Å². The third-order valence-electron chi connectivity index (χ3n) is 4.99. The zero-order valence-corrected chi connectivity index (χ0v) is 17.8. The summed E-state index contributed by atoms with van der Waals surface area (Å²) in [6.07, 6.45) is 1.48. The molecule has 2 rings (SSSR count). The molecule has 0 aromatic rings. The number of ether oxygens (including phenoxy) is 1. The Morgan fingerprint density at radius 3 is 2.33 bits per heavy atom. The van der Waals surface area contributed by atoms with Gasteiger partial charge in [0.2, 0.25) is 0 Å². The highest BCUT2D eigenvalue weighted by atomic mass is 32.2. The maximum atomic E-state index is 12.4. The minimum absolute atomic E-state index is 0.0306. The molecular weight excluding hydrogens is 368 g/mol. The van der Waals surface area contributed by atoms with Gasteiger partial charge >= 0.3 is 0 Å². The highest BCUT2D eigenvalue weighted by molar-refractivity contribution is 7.92. The van der Waals surface area contributed by atoms with Crippen LogP contribution in [0.2, 0.25) is 0 Å². The fraction of sp³-hybridized carbons (Fsp3) is 0.889. The van der Waals surface area contributed by atoms with Crippen LogP contribution < -0.4 is 5.32 Å². The SMILES string of the molecule is CCNC(=NCCS(=O)(=O)C(C)(C)C)N1CCN(C(=O)C2CCCO2)CC1. The van der Waals surface area contributed by atoms with E-state index in [1.165, 1.54) is 0 Å². The van der Waals surface area contributed by atoms with E-state index in [2.05, 4.69) is 15.2 Å². The summed E-state index contributed by atoms with van der Waals surface area (Å²) in [6.45, 7) is 11.3. The summed E-state index contributed by atoms with van der Waals surface area (Å²) >= 11 is 0. The van der Waals surface area contributed by atoms with Crippen molar-refractivity contribution in [1.29, 1.82) is 0 Å². The normalized spacial score (nSPS) is 22.2. The average molecular weight is 403 g/mol. The van der Waals surface area contributed by atoms with Crippen LogP contribution in [0.3, 0.4) is 0 Å². The van der Waals surface area contributed by atoms with Crippen LogP contribution in [0, 0.1) is 0 Å². The number of carbonyl (C=O) groups is 1. The van der Waals surface area contributed by atoms with Crippen molar-refractivity contribution in [2.75, 3.05) is 51.6 Å². The highest BCUT2D eigenvalue weighted by Gasteiger charge is 2.31. The number of hydrogen-bond acceptors (Lipinski definition) is 5. The molecule has 27 heavy (non-hydrogen) atoms. The zero-order chi connectivity index (χ0) is 20.1. The van der Waals surface area contributed by atoms with Gasteiger partial charge in [-0.1, -0.05) is 0 Å². The van der Waals surface area contributed by atoms with E-state index in [1.54, 1.807) is 20.8 Å². The topological polar surface area (TPSA) is 91.3 Å². The summed E-state index contributed by atoms with van der Waals surface area (Å²) in [6, 6.07) is 0. The molecule has 1 N–H and O–H groups in total. The van der Waals surface area contributed by atoms with E-state index in [-0.39, 0.29) is 24.3 Å². The van der Waals surface area contributed by atoms with Crippen molar-refractivity contribution in [1.82, 2.24) is 15.1 Å². The van der Waals surface area contributed by atoms with Gasteiger partial charge in [-0.2, -0.15) is 0 Å². The molecule has 2 aliphatic heterocycles. The van der Waals surface area contributed by atoms with Crippen LogP contribution in [-0.4, -0.2) is 92.6 Å². The van der Waals surface area contributed by atoms with Crippen LogP contribution in [0.15, 0.2) is 4.99 Å². The zero-order valence-electron chi connectivity index (χ0n) is 17.0. The molecule has 0 spiro atoms. The van der Waals surface area contributed by atoms with Crippen molar-refractivity contribution in [3.8, 4) is 0 Å². The summed E-state index contributed by atoms with van der Waals surface area (Å²) < 4.78 is 29.2. The number of hydrogen-bond donors (Lipinski definition) is 1. The molecule has 156 valence electrons. The molecule has 2 saturated heterocycles. The Bertz CT molecular complexity index is 628. The average Bonchev–Trinajstić information content (AvgIpc) is 3.14. The molecule has 1 atom stereocenters. The van der Waals surface area contributed by atoms with Gasteiger partial charge in [0.15, 0.2) is 15.8 Å². The van der Waals surface area contributed by atoms with Gasteiger partial charge in [0.25, 0.3) is 5.91 Å². The third kappa shape index (κ3) is 5.81. The molecule has 2 fully saturated rings. The lowest BCUT2D eigenvalue weighted by Gasteiger charge is -2.37. The van der Waals surface area contributed by atoms with Crippen molar-refractivity contribution in [2.24, 2.45) is 4.99 Å². The van der Waals surface area contributed by atoms with Crippen LogP contribution in [0.1, 0.15) is 40.5 Å². The molecule has 1 unspecified atom stereocenters. The van der Waals surface area contributed by atoms with Crippen LogP contribution in [-0.2, 0) is 19.4 Å². The molecule has 0 aromatic carbocycles. The van der Waals surface area contributed by atoms with E-state index >= 15 is 0 Å². The predicted octanol–water partition coefficient (Wildman–Crippen LogP) is 0.488. The van der Waals surface area contributed by atoms with Gasteiger partial charge < -0.3 is 19.9 Å². The quantitative estimate of drug-likeness (QED) is 0.532. The molecule has 0 aromatic heterocycles. The van der Waals surface area contributed by atoms with Gasteiger partial charge in [0.05, 0.1) is 17.0 Å². The van der Waals surface area contributed by atoms with Crippen LogP contribution in [0.5, 0.6) is 0 Å². The first-order valence-electron chi connectivity index (χ1n) is 9.81. The van der Waals surface area contributed by atoms with Gasteiger partial charge in [-0.25, -0.2) is 8.42 Å². The number of nitrogens with one attached hydrogen (secondary N) is 1. The van der Waals surface area contributed by atoms with E-state index < -0.39 is 14.6 Å². The molecule has 0 aliphatic carbocycles. The summed E-state index contributed by atoms with van der Waals surface area (Å²) in [4.78, 5) is 20.9. The summed E-state index contributed by atoms with van der Waals surface area (Å²) in [5.41, 5.74) is 0. The van der Waals surface area contributed by atoms with Gasteiger partial charge in [0, 0.05) is 39.3 Å². The van der Waals surface area contributed by atoms with Crippen molar-refractivity contribution < 1.29 is 17.9 Å². The van der Waals surface area contributed by atoms with Gasteiger partial charge in [-0.3, -0.25) is 9.79 Å². The summed E-state index contributed by atoms with van der Waals surface area (Å²) in [7, 11) is -3.19. The molecular formula is C18H34N4O4S. The fourth-order valence-corrected chi connectivity index (χ4v) is 4.06. The van der Waals surface area contributed by atoms with E-state index in [0.717, 1.165) is 12.8 Å². The van der Waals surface area contributed by atoms with Crippen LogP contribution >= 0.6 is 0 Å².